The van der Waals surface area contributed by atoms with Crippen molar-refractivity contribution in [1.82, 2.24) is 10.3 Å². The van der Waals surface area contributed by atoms with Crippen LogP contribution in [0.3, 0.4) is 0 Å². The van der Waals surface area contributed by atoms with Crippen molar-refractivity contribution < 1.29 is 9.90 Å². The number of pyridine rings is 1. The molecule has 0 radical (unpaired) electrons. The van der Waals surface area contributed by atoms with Gasteiger partial charge >= 0.3 is 0 Å². The molecule has 5 unspecified atom stereocenters. The number of aryl methyl sites for hydroxylation is 1. The third-order valence-corrected chi connectivity index (χ3v) is 5.74. The molecule has 0 spiro atoms. The van der Waals surface area contributed by atoms with E-state index < -0.39 is 0 Å². The minimum absolute atomic E-state index is 0.0277. The quantitative estimate of drug-likeness (QED) is 0.810. The number of halogens is 1. The highest BCUT2D eigenvalue weighted by Crippen LogP contribution is 2.71. The van der Waals surface area contributed by atoms with Crippen LogP contribution in [0, 0.1) is 30.6 Å². The molecule has 4 aliphatic carbocycles. The molecule has 4 nitrogen and oxygen atoms in total. The van der Waals surface area contributed by atoms with Crippen LogP contribution in [0.2, 0.25) is 0 Å². The molecular formula is C14H15ClN2O2. The Bertz CT molecular complexity index is 577. The van der Waals surface area contributed by atoms with Gasteiger partial charge in [0.1, 0.15) is 5.75 Å². The molecule has 1 aromatic heterocycles. The van der Waals surface area contributed by atoms with E-state index in [9.17, 15) is 9.90 Å². The van der Waals surface area contributed by atoms with Crippen LogP contribution in [-0.4, -0.2) is 27.4 Å². The number of rotatable bonds is 2. The van der Waals surface area contributed by atoms with Gasteiger partial charge in [-0.1, -0.05) is 0 Å². The van der Waals surface area contributed by atoms with E-state index in [0.29, 0.717) is 23.3 Å². The SMILES string of the molecule is Cc1ccnc(C(=O)N[C@H]2C3CC4C(C3Cl)C42)c1O. The first-order chi connectivity index (χ1) is 9.09. The monoisotopic (exact) mass is 278 g/mol. The van der Waals surface area contributed by atoms with Gasteiger partial charge < -0.3 is 10.4 Å². The minimum Gasteiger partial charge on any atom is -0.505 e. The summed E-state index contributed by atoms with van der Waals surface area (Å²) in [5, 5.41) is 13.1. The lowest BCUT2D eigenvalue weighted by molar-refractivity contribution is 0.0920. The predicted molar refractivity (Wildman–Crippen MR) is 70.1 cm³/mol. The van der Waals surface area contributed by atoms with Crippen molar-refractivity contribution in [3.05, 3.63) is 23.5 Å². The zero-order valence-corrected chi connectivity index (χ0v) is 11.3. The molecule has 19 heavy (non-hydrogen) atoms. The maximum atomic E-state index is 12.2. The van der Waals surface area contributed by atoms with Crippen molar-refractivity contribution in [2.45, 2.75) is 24.8 Å². The Morgan fingerprint density at radius 2 is 2.26 bits per heavy atom. The number of carbonyl (C=O) groups excluding carboxylic acids is 1. The van der Waals surface area contributed by atoms with Crippen LogP contribution in [-0.2, 0) is 0 Å². The second-order valence-electron chi connectivity index (χ2n) is 5.99. The second kappa shape index (κ2) is 3.63. The van der Waals surface area contributed by atoms with Gasteiger partial charge in [0, 0.05) is 17.6 Å². The third kappa shape index (κ3) is 1.41. The summed E-state index contributed by atoms with van der Waals surface area (Å²) in [4.78, 5) is 16.2. The number of nitrogens with zero attached hydrogens (tertiary/aromatic N) is 1. The van der Waals surface area contributed by atoms with Gasteiger partial charge in [-0.2, -0.15) is 0 Å². The molecule has 0 aliphatic heterocycles. The van der Waals surface area contributed by atoms with Crippen LogP contribution in [0.1, 0.15) is 22.5 Å². The molecule has 1 amide bonds. The summed E-state index contributed by atoms with van der Waals surface area (Å²) < 4.78 is 0. The average Bonchev–Trinajstić information content (AvgIpc) is 2.70. The summed E-state index contributed by atoms with van der Waals surface area (Å²) in [6, 6.07) is 1.86. The number of aromatic hydroxyl groups is 1. The van der Waals surface area contributed by atoms with Gasteiger partial charge in [-0.15, -0.1) is 11.6 Å². The van der Waals surface area contributed by atoms with Crippen molar-refractivity contribution in [1.29, 1.82) is 0 Å². The number of aromatic nitrogens is 1. The molecule has 1 heterocycles. The Morgan fingerprint density at radius 1 is 1.47 bits per heavy atom. The molecule has 4 bridgehead atoms. The molecule has 2 N–H and O–H groups in total. The van der Waals surface area contributed by atoms with Crippen LogP contribution in [0.5, 0.6) is 5.75 Å². The van der Waals surface area contributed by atoms with Crippen molar-refractivity contribution >= 4 is 17.5 Å². The van der Waals surface area contributed by atoms with Crippen LogP contribution >= 0.6 is 11.6 Å². The van der Waals surface area contributed by atoms with Crippen molar-refractivity contribution in [3.63, 3.8) is 0 Å². The van der Waals surface area contributed by atoms with Crippen molar-refractivity contribution in [2.75, 3.05) is 0 Å². The van der Waals surface area contributed by atoms with Gasteiger partial charge in [0.15, 0.2) is 5.69 Å². The Morgan fingerprint density at radius 3 is 2.84 bits per heavy atom. The highest BCUT2D eigenvalue weighted by molar-refractivity contribution is 6.22. The smallest absolute Gasteiger partial charge is 0.273 e. The standard InChI is InChI=1S/C14H15ClN2O2/c1-5-2-3-16-12(13(5)18)14(19)17-11-7-4-6-8(9(6)11)10(7)15/h2-3,6-11,18H,4H2,1H3,(H,17,19)/t6?,7?,8?,9?,10?,11-/m0/s1. The first-order valence-corrected chi connectivity index (χ1v) is 7.12. The molecule has 4 aliphatic rings. The Labute approximate surface area is 116 Å². The molecule has 0 saturated heterocycles. The van der Waals surface area contributed by atoms with Crippen LogP contribution < -0.4 is 5.32 Å². The van der Waals surface area contributed by atoms with Crippen molar-refractivity contribution in [3.8, 4) is 5.75 Å². The van der Waals surface area contributed by atoms with Crippen LogP contribution in [0.25, 0.3) is 0 Å². The molecular weight excluding hydrogens is 264 g/mol. The van der Waals surface area contributed by atoms with E-state index in [-0.39, 0.29) is 28.8 Å². The molecule has 6 atom stereocenters. The molecule has 0 aromatic carbocycles. The summed E-state index contributed by atoms with van der Waals surface area (Å²) >= 11 is 6.36. The number of amides is 1. The Balaban J connectivity index is 1.55. The fourth-order valence-electron chi connectivity index (χ4n) is 4.20. The molecule has 5 rings (SSSR count). The summed E-state index contributed by atoms with van der Waals surface area (Å²) in [5.41, 5.74) is 0.780. The number of nitrogens with one attached hydrogen (secondary N) is 1. The van der Waals surface area contributed by atoms with Gasteiger partial charge in [-0.3, -0.25) is 4.79 Å². The van der Waals surface area contributed by atoms with E-state index in [0.717, 1.165) is 12.3 Å². The number of hydrogen-bond donors (Lipinski definition) is 2. The number of alkyl halides is 1. The zero-order valence-electron chi connectivity index (χ0n) is 10.5. The first-order valence-electron chi connectivity index (χ1n) is 6.69. The van der Waals surface area contributed by atoms with E-state index in [1.807, 2.05) is 0 Å². The van der Waals surface area contributed by atoms with Gasteiger partial charge in [-0.05, 0) is 48.6 Å². The summed E-state index contributed by atoms with van der Waals surface area (Å²) in [6.07, 6.45) is 2.69. The highest BCUT2D eigenvalue weighted by Gasteiger charge is 2.73. The summed E-state index contributed by atoms with van der Waals surface area (Å²) in [7, 11) is 0. The number of hydrogen-bond acceptors (Lipinski definition) is 3. The molecule has 4 fully saturated rings. The first kappa shape index (κ1) is 11.5. The van der Waals surface area contributed by atoms with Crippen molar-refractivity contribution in [2.24, 2.45) is 23.7 Å². The Hall–Kier alpha value is -1.29. The van der Waals surface area contributed by atoms with E-state index in [4.69, 9.17) is 11.6 Å². The molecule has 5 heteroatoms. The highest BCUT2D eigenvalue weighted by atomic mass is 35.5. The van der Waals surface area contributed by atoms with E-state index in [2.05, 4.69) is 10.3 Å². The molecule has 1 aromatic rings. The number of carbonyl (C=O) groups is 1. The summed E-state index contributed by atoms with van der Waals surface area (Å²) in [5.74, 6) is 1.97. The Kier molecular flexibility index (Phi) is 2.20. The normalized spacial score (nSPS) is 41.4. The summed E-state index contributed by atoms with van der Waals surface area (Å²) in [6.45, 7) is 1.76. The van der Waals surface area contributed by atoms with Gasteiger partial charge in [0.2, 0.25) is 0 Å². The van der Waals surface area contributed by atoms with E-state index >= 15 is 0 Å². The molecule has 100 valence electrons. The van der Waals surface area contributed by atoms with Gasteiger partial charge in [0.05, 0.1) is 0 Å². The predicted octanol–water partition coefficient (Wildman–Crippen LogP) is 1.70. The largest absolute Gasteiger partial charge is 0.505 e. The van der Waals surface area contributed by atoms with Gasteiger partial charge in [-0.25, -0.2) is 4.98 Å². The molecule has 4 saturated carbocycles. The van der Waals surface area contributed by atoms with E-state index in [1.165, 1.54) is 0 Å². The fraction of sp³-hybridized carbons (Fsp3) is 0.571. The maximum absolute atomic E-state index is 12.2. The minimum atomic E-state index is -0.284. The average molecular weight is 279 g/mol. The lowest BCUT2D eigenvalue weighted by Gasteiger charge is -2.18. The second-order valence-corrected chi connectivity index (χ2v) is 6.49. The van der Waals surface area contributed by atoms with Gasteiger partial charge in [0.25, 0.3) is 5.91 Å². The topological polar surface area (TPSA) is 62.2 Å². The van der Waals surface area contributed by atoms with Crippen LogP contribution in [0.4, 0.5) is 0 Å². The third-order valence-electron chi connectivity index (χ3n) is 5.13. The lowest BCUT2D eigenvalue weighted by atomic mass is 10.1. The zero-order chi connectivity index (χ0) is 13.3. The van der Waals surface area contributed by atoms with E-state index in [1.54, 1.807) is 19.2 Å². The van der Waals surface area contributed by atoms with Crippen LogP contribution in [0.15, 0.2) is 12.3 Å². The fourth-order valence-corrected chi connectivity index (χ4v) is 4.81. The maximum Gasteiger partial charge on any atom is 0.273 e. The lowest BCUT2D eigenvalue weighted by Crippen LogP contribution is -2.39.